The van der Waals surface area contributed by atoms with Gasteiger partial charge in [0.2, 0.25) is 5.91 Å². The number of likely N-dealkylation sites (tertiary alicyclic amines) is 1. The predicted molar refractivity (Wildman–Crippen MR) is 70.5 cm³/mol. The zero-order valence-corrected chi connectivity index (χ0v) is 10.9. The highest BCUT2D eigenvalue weighted by molar-refractivity contribution is 5.92. The van der Waals surface area contributed by atoms with Crippen LogP contribution in [-0.4, -0.2) is 35.0 Å². The van der Waals surface area contributed by atoms with Crippen LogP contribution in [-0.2, 0) is 11.3 Å². The van der Waals surface area contributed by atoms with Crippen LogP contribution in [0, 0.1) is 11.8 Å². The molecule has 1 aliphatic heterocycles. The second-order valence-electron chi connectivity index (χ2n) is 5.14. The molecule has 1 amide bonds. The molecule has 3 N–H and O–H groups in total. The van der Waals surface area contributed by atoms with Gasteiger partial charge in [0.15, 0.2) is 0 Å². The van der Waals surface area contributed by atoms with Crippen LogP contribution >= 0.6 is 0 Å². The zero-order valence-electron chi connectivity index (χ0n) is 10.9. The molecule has 5 heteroatoms. The summed E-state index contributed by atoms with van der Waals surface area (Å²) in [6.07, 6.45) is 0. The van der Waals surface area contributed by atoms with E-state index in [1.807, 2.05) is 12.1 Å². The summed E-state index contributed by atoms with van der Waals surface area (Å²) in [6.45, 7) is 4.16. The summed E-state index contributed by atoms with van der Waals surface area (Å²) in [4.78, 5) is 24.0. The van der Waals surface area contributed by atoms with Gasteiger partial charge in [0.25, 0.3) is 0 Å². The SMILES string of the molecule is CC(C(=O)O)C1CN(Cc2ccc(C(N)=O)cc2)C1. The number of carboxylic acids is 1. The molecule has 0 radical (unpaired) electrons. The molecule has 102 valence electrons. The number of carbonyl (C=O) groups excluding carboxylic acids is 1. The number of aliphatic carboxylic acids is 1. The average molecular weight is 262 g/mol. The first-order chi connectivity index (χ1) is 8.97. The molecule has 0 spiro atoms. The Morgan fingerprint density at radius 2 is 1.95 bits per heavy atom. The van der Waals surface area contributed by atoms with E-state index in [2.05, 4.69) is 4.90 Å². The minimum Gasteiger partial charge on any atom is -0.481 e. The van der Waals surface area contributed by atoms with E-state index in [-0.39, 0.29) is 11.8 Å². The molecule has 0 saturated carbocycles. The average Bonchev–Trinajstić information content (AvgIpc) is 2.33. The van der Waals surface area contributed by atoms with Crippen molar-refractivity contribution in [3.8, 4) is 0 Å². The summed E-state index contributed by atoms with van der Waals surface area (Å²) in [5.74, 6) is -1.20. The van der Waals surface area contributed by atoms with Crippen molar-refractivity contribution in [2.75, 3.05) is 13.1 Å². The van der Waals surface area contributed by atoms with E-state index in [0.717, 1.165) is 25.2 Å². The molecule has 1 saturated heterocycles. The molecule has 0 bridgehead atoms. The molecule has 5 nitrogen and oxygen atoms in total. The van der Waals surface area contributed by atoms with Crippen LogP contribution in [0.5, 0.6) is 0 Å². The van der Waals surface area contributed by atoms with Crippen molar-refractivity contribution in [2.45, 2.75) is 13.5 Å². The number of primary amides is 1. The number of hydrogen-bond donors (Lipinski definition) is 2. The third-order valence-electron chi connectivity index (χ3n) is 3.73. The second kappa shape index (κ2) is 5.40. The van der Waals surface area contributed by atoms with Crippen molar-refractivity contribution in [1.29, 1.82) is 0 Å². The van der Waals surface area contributed by atoms with Gasteiger partial charge < -0.3 is 10.8 Å². The normalized spacial score (nSPS) is 17.7. The number of carbonyl (C=O) groups is 2. The number of rotatable bonds is 5. The Balaban J connectivity index is 1.84. The second-order valence-corrected chi connectivity index (χ2v) is 5.14. The summed E-state index contributed by atoms with van der Waals surface area (Å²) in [5, 5.41) is 8.91. The van der Waals surface area contributed by atoms with Crippen molar-refractivity contribution >= 4 is 11.9 Å². The minimum absolute atomic E-state index is 0.238. The number of hydrogen-bond acceptors (Lipinski definition) is 3. The summed E-state index contributed by atoms with van der Waals surface area (Å²) in [7, 11) is 0. The van der Waals surface area contributed by atoms with E-state index < -0.39 is 11.9 Å². The third kappa shape index (κ3) is 3.12. The standard InChI is InChI=1S/C14H18N2O3/c1-9(14(18)19)12-7-16(8-12)6-10-2-4-11(5-3-10)13(15)17/h2-5,9,12H,6-8H2,1H3,(H2,15,17)(H,18,19). The minimum atomic E-state index is -0.726. The first-order valence-corrected chi connectivity index (χ1v) is 6.31. The lowest BCUT2D eigenvalue weighted by Gasteiger charge is -2.41. The Morgan fingerprint density at radius 1 is 1.37 bits per heavy atom. The first kappa shape index (κ1) is 13.5. The maximum absolute atomic E-state index is 10.9. The Bertz CT molecular complexity index is 478. The fourth-order valence-corrected chi connectivity index (χ4v) is 2.29. The maximum atomic E-state index is 10.9. The van der Waals surface area contributed by atoms with Gasteiger partial charge >= 0.3 is 5.97 Å². The predicted octanol–water partition coefficient (Wildman–Crippen LogP) is 0.938. The Hall–Kier alpha value is -1.88. The molecular weight excluding hydrogens is 244 g/mol. The number of benzene rings is 1. The van der Waals surface area contributed by atoms with Gasteiger partial charge in [-0.3, -0.25) is 14.5 Å². The first-order valence-electron chi connectivity index (χ1n) is 6.31. The zero-order chi connectivity index (χ0) is 14.0. The quantitative estimate of drug-likeness (QED) is 0.827. The Morgan fingerprint density at radius 3 is 2.42 bits per heavy atom. The molecule has 1 fully saturated rings. The van der Waals surface area contributed by atoms with Crippen LogP contribution in [0.25, 0.3) is 0 Å². The van der Waals surface area contributed by atoms with Gasteiger partial charge in [-0.1, -0.05) is 19.1 Å². The third-order valence-corrected chi connectivity index (χ3v) is 3.73. The van der Waals surface area contributed by atoms with Crippen molar-refractivity contribution in [3.05, 3.63) is 35.4 Å². The van der Waals surface area contributed by atoms with E-state index >= 15 is 0 Å². The van der Waals surface area contributed by atoms with Crippen molar-refractivity contribution in [1.82, 2.24) is 4.90 Å². The number of nitrogens with zero attached hydrogens (tertiary/aromatic N) is 1. The molecule has 1 aromatic rings. The number of carboxylic acid groups (broad SMARTS) is 1. The van der Waals surface area contributed by atoms with Crippen LogP contribution in [0.3, 0.4) is 0 Å². The Kier molecular flexibility index (Phi) is 3.85. The van der Waals surface area contributed by atoms with Crippen LogP contribution in [0.1, 0.15) is 22.8 Å². The van der Waals surface area contributed by atoms with Crippen molar-refractivity contribution in [2.24, 2.45) is 17.6 Å². The molecule has 1 aliphatic rings. The molecule has 0 aliphatic carbocycles. The van der Waals surface area contributed by atoms with E-state index in [1.54, 1.807) is 19.1 Å². The molecule has 1 unspecified atom stereocenters. The van der Waals surface area contributed by atoms with Crippen molar-refractivity contribution in [3.63, 3.8) is 0 Å². The van der Waals surface area contributed by atoms with E-state index in [1.165, 1.54) is 0 Å². The van der Waals surface area contributed by atoms with Crippen LogP contribution in [0.2, 0.25) is 0 Å². The van der Waals surface area contributed by atoms with E-state index in [4.69, 9.17) is 10.8 Å². The highest BCUT2D eigenvalue weighted by Crippen LogP contribution is 2.25. The fraction of sp³-hybridized carbons (Fsp3) is 0.429. The van der Waals surface area contributed by atoms with Gasteiger partial charge in [-0.05, 0) is 23.6 Å². The molecular formula is C14H18N2O3. The molecule has 1 heterocycles. The monoisotopic (exact) mass is 262 g/mol. The highest BCUT2D eigenvalue weighted by atomic mass is 16.4. The van der Waals surface area contributed by atoms with Crippen LogP contribution in [0.15, 0.2) is 24.3 Å². The van der Waals surface area contributed by atoms with Gasteiger partial charge in [0.1, 0.15) is 0 Å². The van der Waals surface area contributed by atoms with E-state index in [0.29, 0.717) is 5.56 Å². The topological polar surface area (TPSA) is 83.6 Å². The molecule has 2 rings (SSSR count). The summed E-state index contributed by atoms with van der Waals surface area (Å²) in [5.41, 5.74) is 6.78. The lowest BCUT2D eigenvalue weighted by atomic mass is 9.87. The lowest BCUT2D eigenvalue weighted by Crippen LogP contribution is -2.50. The summed E-state index contributed by atoms with van der Waals surface area (Å²) >= 11 is 0. The summed E-state index contributed by atoms with van der Waals surface area (Å²) in [6, 6.07) is 7.20. The number of nitrogens with two attached hydrogens (primary N) is 1. The molecule has 19 heavy (non-hydrogen) atoms. The van der Waals surface area contributed by atoms with Gasteiger partial charge in [0.05, 0.1) is 5.92 Å². The van der Waals surface area contributed by atoms with Gasteiger partial charge in [-0.2, -0.15) is 0 Å². The molecule has 0 aromatic heterocycles. The van der Waals surface area contributed by atoms with Crippen molar-refractivity contribution < 1.29 is 14.7 Å². The summed E-state index contributed by atoms with van der Waals surface area (Å²) < 4.78 is 0. The Labute approximate surface area is 112 Å². The maximum Gasteiger partial charge on any atom is 0.306 e. The van der Waals surface area contributed by atoms with Gasteiger partial charge in [0, 0.05) is 25.2 Å². The fourth-order valence-electron chi connectivity index (χ4n) is 2.29. The van der Waals surface area contributed by atoms with E-state index in [9.17, 15) is 9.59 Å². The molecule has 1 atom stereocenters. The largest absolute Gasteiger partial charge is 0.481 e. The smallest absolute Gasteiger partial charge is 0.306 e. The lowest BCUT2D eigenvalue weighted by molar-refractivity contribution is -0.145. The van der Waals surface area contributed by atoms with Crippen LogP contribution < -0.4 is 5.73 Å². The highest BCUT2D eigenvalue weighted by Gasteiger charge is 2.34. The van der Waals surface area contributed by atoms with Gasteiger partial charge in [-0.15, -0.1) is 0 Å². The van der Waals surface area contributed by atoms with Gasteiger partial charge in [-0.25, -0.2) is 0 Å². The number of amides is 1. The molecule has 1 aromatic carbocycles. The van der Waals surface area contributed by atoms with Crippen LogP contribution in [0.4, 0.5) is 0 Å².